The molecule has 0 aliphatic rings. The molecule has 4 N–H and O–H groups in total. The summed E-state index contributed by atoms with van der Waals surface area (Å²) < 4.78 is 10.7. The van der Waals surface area contributed by atoms with Crippen molar-refractivity contribution >= 4 is 17.8 Å². The van der Waals surface area contributed by atoms with Gasteiger partial charge in [0.2, 0.25) is 5.95 Å². The van der Waals surface area contributed by atoms with Crippen LogP contribution in [0.1, 0.15) is 16.7 Å². The van der Waals surface area contributed by atoms with Crippen molar-refractivity contribution in [1.82, 2.24) is 9.97 Å². The van der Waals surface area contributed by atoms with E-state index in [1.54, 1.807) is 26.5 Å². The van der Waals surface area contributed by atoms with Crippen molar-refractivity contribution in [3.8, 4) is 11.5 Å². The Hall–Kier alpha value is -2.76. The van der Waals surface area contributed by atoms with E-state index in [9.17, 15) is 0 Å². The predicted molar refractivity (Wildman–Crippen MR) is 83.3 cm³/mol. The molecule has 0 aliphatic heterocycles. The van der Waals surface area contributed by atoms with Crippen molar-refractivity contribution in [2.45, 2.75) is 6.42 Å². The summed E-state index contributed by atoms with van der Waals surface area (Å²) in [7, 11) is 3.19. The monoisotopic (exact) mass is 286 g/mol. The average Bonchev–Trinajstić information content (AvgIpc) is 2.49. The van der Waals surface area contributed by atoms with Crippen molar-refractivity contribution in [3.05, 3.63) is 41.6 Å². The molecule has 0 unspecified atom stereocenters. The van der Waals surface area contributed by atoms with Gasteiger partial charge in [-0.1, -0.05) is 12.7 Å². The Morgan fingerprint density at radius 3 is 2.57 bits per heavy atom. The van der Waals surface area contributed by atoms with Crippen LogP contribution >= 0.6 is 0 Å². The normalized spacial score (nSPS) is 10.2. The van der Waals surface area contributed by atoms with E-state index < -0.39 is 0 Å². The van der Waals surface area contributed by atoms with Crippen LogP contribution in [0.15, 0.2) is 24.9 Å². The van der Waals surface area contributed by atoms with Gasteiger partial charge in [-0.3, -0.25) is 0 Å². The average molecular weight is 286 g/mol. The zero-order valence-corrected chi connectivity index (χ0v) is 12.1. The lowest BCUT2D eigenvalue weighted by Gasteiger charge is -2.13. The summed E-state index contributed by atoms with van der Waals surface area (Å²) in [5.41, 5.74) is 14.0. The van der Waals surface area contributed by atoms with Crippen LogP contribution in [0.3, 0.4) is 0 Å². The summed E-state index contributed by atoms with van der Waals surface area (Å²) >= 11 is 0. The molecule has 0 aliphatic carbocycles. The molecule has 2 rings (SSSR count). The number of ether oxygens (including phenoxy) is 2. The molecule has 1 aromatic heterocycles. The largest absolute Gasteiger partial charge is 0.493 e. The molecule has 21 heavy (non-hydrogen) atoms. The Balaban J connectivity index is 2.42. The van der Waals surface area contributed by atoms with Gasteiger partial charge in [-0.25, -0.2) is 4.98 Å². The number of rotatable bonds is 5. The fraction of sp³-hybridized carbons (Fsp3) is 0.200. The Morgan fingerprint density at radius 2 is 2.00 bits per heavy atom. The third-order valence-corrected chi connectivity index (χ3v) is 3.10. The molecule has 2 aromatic rings. The number of benzene rings is 1. The third kappa shape index (κ3) is 3.05. The van der Waals surface area contributed by atoms with Crippen molar-refractivity contribution in [2.75, 3.05) is 25.7 Å². The highest BCUT2D eigenvalue weighted by Crippen LogP contribution is 2.34. The minimum atomic E-state index is 0.162. The van der Waals surface area contributed by atoms with Gasteiger partial charge in [0, 0.05) is 23.7 Å². The summed E-state index contributed by atoms with van der Waals surface area (Å²) in [4.78, 5) is 7.92. The van der Waals surface area contributed by atoms with E-state index >= 15 is 0 Å². The van der Waals surface area contributed by atoms with E-state index in [2.05, 4.69) is 16.5 Å². The van der Waals surface area contributed by atoms with E-state index in [0.717, 1.165) is 16.7 Å². The van der Waals surface area contributed by atoms with Gasteiger partial charge in [0.05, 0.1) is 14.2 Å². The quantitative estimate of drug-likeness (QED) is 0.871. The second-order valence-corrected chi connectivity index (χ2v) is 4.44. The lowest BCUT2D eigenvalue weighted by atomic mass is 10.0. The molecular weight excluding hydrogens is 268 g/mol. The molecule has 6 heteroatoms. The minimum absolute atomic E-state index is 0.162. The molecule has 0 spiro atoms. The van der Waals surface area contributed by atoms with Crippen molar-refractivity contribution in [2.24, 2.45) is 0 Å². The Labute approximate surface area is 123 Å². The molecule has 0 radical (unpaired) electrons. The zero-order chi connectivity index (χ0) is 15.4. The smallest absolute Gasteiger partial charge is 0.221 e. The fourth-order valence-electron chi connectivity index (χ4n) is 2.10. The second-order valence-electron chi connectivity index (χ2n) is 4.44. The first-order chi connectivity index (χ1) is 10.1. The van der Waals surface area contributed by atoms with Gasteiger partial charge >= 0.3 is 0 Å². The molecule has 0 fully saturated rings. The molecule has 110 valence electrons. The van der Waals surface area contributed by atoms with Crippen molar-refractivity contribution < 1.29 is 9.47 Å². The fourth-order valence-corrected chi connectivity index (χ4v) is 2.10. The minimum Gasteiger partial charge on any atom is -0.493 e. The number of anilines is 2. The number of hydrogen-bond acceptors (Lipinski definition) is 6. The first-order valence-electron chi connectivity index (χ1n) is 6.33. The van der Waals surface area contributed by atoms with E-state index in [1.807, 2.05) is 12.1 Å². The number of nitrogens with zero attached hydrogens (tertiary/aromatic N) is 2. The van der Waals surface area contributed by atoms with Gasteiger partial charge in [0.1, 0.15) is 5.82 Å². The van der Waals surface area contributed by atoms with Crippen molar-refractivity contribution in [1.29, 1.82) is 0 Å². The van der Waals surface area contributed by atoms with E-state index in [4.69, 9.17) is 20.9 Å². The number of nitrogen functional groups attached to an aromatic ring is 2. The van der Waals surface area contributed by atoms with Gasteiger partial charge in [-0.2, -0.15) is 4.98 Å². The van der Waals surface area contributed by atoms with Crippen LogP contribution in [0.2, 0.25) is 0 Å². The lowest BCUT2D eigenvalue weighted by Crippen LogP contribution is -2.04. The van der Waals surface area contributed by atoms with Gasteiger partial charge in [-0.15, -0.1) is 0 Å². The molecule has 1 heterocycles. The molecule has 0 saturated heterocycles. The van der Waals surface area contributed by atoms with Gasteiger partial charge in [-0.05, 0) is 17.7 Å². The number of methoxy groups -OCH3 is 2. The molecule has 6 nitrogen and oxygen atoms in total. The van der Waals surface area contributed by atoms with Crippen LogP contribution in [0.5, 0.6) is 11.5 Å². The second kappa shape index (κ2) is 6.13. The Kier molecular flexibility index (Phi) is 4.27. The molecule has 0 atom stereocenters. The summed E-state index contributed by atoms with van der Waals surface area (Å²) in [6.45, 7) is 3.79. The van der Waals surface area contributed by atoms with Gasteiger partial charge in [0.25, 0.3) is 0 Å². The topological polar surface area (TPSA) is 96.3 Å². The first-order valence-corrected chi connectivity index (χ1v) is 6.33. The SMILES string of the molecule is C=Cc1cc(Cc2cnc(N)nc2N)cc(OC)c1OC. The van der Waals surface area contributed by atoms with Crippen LogP contribution in [-0.4, -0.2) is 24.2 Å². The maximum atomic E-state index is 5.86. The van der Waals surface area contributed by atoms with Crippen LogP contribution in [0.25, 0.3) is 6.08 Å². The summed E-state index contributed by atoms with van der Waals surface area (Å²) in [5.74, 6) is 1.82. The van der Waals surface area contributed by atoms with Crippen LogP contribution in [0, 0.1) is 0 Å². The first kappa shape index (κ1) is 14.6. The molecule has 1 aromatic carbocycles. The summed E-state index contributed by atoms with van der Waals surface area (Å²) in [6, 6.07) is 3.85. The number of hydrogen-bond donors (Lipinski definition) is 2. The van der Waals surface area contributed by atoms with Crippen LogP contribution < -0.4 is 20.9 Å². The van der Waals surface area contributed by atoms with Crippen LogP contribution in [0.4, 0.5) is 11.8 Å². The van der Waals surface area contributed by atoms with E-state index in [-0.39, 0.29) is 5.95 Å². The number of nitrogens with two attached hydrogens (primary N) is 2. The van der Waals surface area contributed by atoms with E-state index in [0.29, 0.717) is 23.7 Å². The third-order valence-electron chi connectivity index (χ3n) is 3.10. The Morgan fingerprint density at radius 1 is 1.24 bits per heavy atom. The van der Waals surface area contributed by atoms with Crippen molar-refractivity contribution in [3.63, 3.8) is 0 Å². The van der Waals surface area contributed by atoms with Gasteiger partial charge in [0.15, 0.2) is 11.5 Å². The maximum absolute atomic E-state index is 5.86. The van der Waals surface area contributed by atoms with Crippen LogP contribution in [-0.2, 0) is 6.42 Å². The predicted octanol–water partition coefficient (Wildman–Crippen LogP) is 1.89. The highest BCUT2D eigenvalue weighted by molar-refractivity contribution is 5.63. The maximum Gasteiger partial charge on any atom is 0.221 e. The van der Waals surface area contributed by atoms with Gasteiger partial charge < -0.3 is 20.9 Å². The Bertz CT molecular complexity index is 671. The summed E-state index contributed by atoms with van der Waals surface area (Å²) in [6.07, 6.45) is 3.91. The number of aromatic nitrogens is 2. The molecule has 0 saturated carbocycles. The highest BCUT2D eigenvalue weighted by Gasteiger charge is 2.12. The molecule has 0 amide bonds. The highest BCUT2D eigenvalue weighted by atomic mass is 16.5. The molecule has 0 bridgehead atoms. The van der Waals surface area contributed by atoms with E-state index in [1.165, 1.54) is 0 Å². The molecular formula is C15H18N4O2. The lowest BCUT2D eigenvalue weighted by molar-refractivity contribution is 0.354. The standard InChI is InChI=1S/C15H18N4O2/c1-4-10-5-9(7-12(20-2)13(10)21-3)6-11-8-18-15(17)19-14(11)16/h4-5,7-8H,1,6H2,2-3H3,(H4,16,17,18,19). The zero-order valence-electron chi connectivity index (χ0n) is 12.1. The summed E-state index contributed by atoms with van der Waals surface area (Å²) in [5, 5.41) is 0.